The molecule has 0 aliphatic rings. The van der Waals surface area contributed by atoms with Crippen LogP contribution in [0.2, 0.25) is 0 Å². The average molecular weight is 410 g/mol. The van der Waals surface area contributed by atoms with Crippen LogP contribution < -0.4 is 5.56 Å². The lowest BCUT2D eigenvalue weighted by Crippen LogP contribution is -2.25. The molecular formula is C23H27N3O2S. The van der Waals surface area contributed by atoms with Crippen molar-refractivity contribution in [3.05, 3.63) is 69.5 Å². The van der Waals surface area contributed by atoms with Crippen molar-refractivity contribution in [3.63, 3.8) is 0 Å². The minimum absolute atomic E-state index is 0.0455. The lowest BCUT2D eigenvalue weighted by Gasteiger charge is -2.15. The number of aryl methyl sites for hydroxylation is 2. The molecule has 0 fully saturated rings. The molecule has 0 N–H and O–H groups in total. The Labute approximate surface area is 175 Å². The summed E-state index contributed by atoms with van der Waals surface area (Å²) < 4.78 is 1.71. The molecule has 0 radical (unpaired) electrons. The Morgan fingerprint density at radius 2 is 1.90 bits per heavy atom. The SMILES string of the molecule is Cc1ccc(C(=O)CSc2nc3ccccc3c(=O)n2CCCN(C)C)c(C)c1. The van der Waals surface area contributed by atoms with Gasteiger partial charge < -0.3 is 4.90 Å². The standard InChI is InChI=1S/C23H27N3O2S/c1-16-10-11-18(17(2)14-16)21(27)15-29-23-24-20-9-6-5-8-19(20)22(28)26(23)13-7-12-25(3)4/h5-6,8-11,14H,7,12-13,15H2,1-4H3. The van der Waals surface area contributed by atoms with E-state index in [0.717, 1.165) is 29.7 Å². The van der Waals surface area contributed by atoms with Crippen molar-refractivity contribution in [2.75, 3.05) is 26.4 Å². The maximum Gasteiger partial charge on any atom is 0.262 e. The van der Waals surface area contributed by atoms with E-state index in [1.165, 1.54) is 11.8 Å². The largest absolute Gasteiger partial charge is 0.309 e. The zero-order chi connectivity index (χ0) is 21.0. The molecule has 3 aromatic rings. The quantitative estimate of drug-likeness (QED) is 0.320. The number of aromatic nitrogens is 2. The molecule has 0 aliphatic heterocycles. The van der Waals surface area contributed by atoms with Crippen molar-refractivity contribution in [2.45, 2.75) is 32.0 Å². The minimum Gasteiger partial charge on any atom is -0.309 e. The smallest absolute Gasteiger partial charge is 0.262 e. The van der Waals surface area contributed by atoms with E-state index in [4.69, 9.17) is 4.98 Å². The molecule has 152 valence electrons. The van der Waals surface area contributed by atoms with Gasteiger partial charge in [-0.15, -0.1) is 0 Å². The summed E-state index contributed by atoms with van der Waals surface area (Å²) >= 11 is 1.34. The number of carbonyl (C=O) groups excluding carboxylic acids is 1. The molecule has 1 aromatic heterocycles. The van der Waals surface area contributed by atoms with Crippen molar-refractivity contribution in [1.82, 2.24) is 14.5 Å². The number of para-hydroxylation sites is 1. The van der Waals surface area contributed by atoms with E-state index in [2.05, 4.69) is 4.90 Å². The van der Waals surface area contributed by atoms with Gasteiger partial charge in [0, 0.05) is 12.1 Å². The number of fused-ring (bicyclic) bond motifs is 1. The summed E-state index contributed by atoms with van der Waals surface area (Å²) in [6, 6.07) is 13.2. The molecule has 0 atom stereocenters. The zero-order valence-electron chi connectivity index (χ0n) is 17.4. The van der Waals surface area contributed by atoms with E-state index in [0.29, 0.717) is 22.6 Å². The van der Waals surface area contributed by atoms with Gasteiger partial charge in [-0.1, -0.05) is 47.7 Å². The second kappa shape index (κ2) is 9.37. The number of Topliss-reactive ketones (excluding diaryl/α,β-unsaturated/α-hetero) is 1. The number of benzene rings is 2. The molecule has 5 nitrogen and oxygen atoms in total. The fraction of sp³-hybridized carbons (Fsp3) is 0.348. The number of rotatable bonds is 8. The van der Waals surface area contributed by atoms with Crippen LogP contribution in [0, 0.1) is 13.8 Å². The topological polar surface area (TPSA) is 55.2 Å². The van der Waals surface area contributed by atoms with Crippen LogP contribution >= 0.6 is 11.8 Å². The molecule has 0 saturated heterocycles. The third-order valence-corrected chi connectivity index (χ3v) is 5.80. The fourth-order valence-electron chi connectivity index (χ4n) is 3.33. The highest BCUT2D eigenvalue weighted by Crippen LogP contribution is 2.21. The lowest BCUT2D eigenvalue weighted by atomic mass is 10.0. The van der Waals surface area contributed by atoms with E-state index >= 15 is 0 Å². The Morgan fingerprint density at radius 1 is 1.14 bits per heavy atom. The van der Waals surface area contributed by atoms with E-state index in [1.54, 1.807) is 4.57 Å². The fourth-order valence-corrected chi connectivity index (χ4v) is 4.24. The van der Waals surface area contributed by atoms with Crippen LogP contribution in [0.15, 0.2) is 52.4 Å². The first-order chi connectivity index (χ1) is 13.9. The van der Waals surface area contributed by atoms with Gasteiger partial charge in [0.25, 0.3) is 5.56 Å². The molecule has 0 aliphatic carbocycles. The first-order valence-corrected chi connectivity index (χ1v) is 10.7. The molecule has 29 heavy (non-hydrogen) atoms. The molecule has 0 saturated carbocycles. The molecule has 0 bridgehead atoms. The van der Waals surface area contributed by atoms with Gasteiger partial charge in [-0.05, 0) is 58.6 Å². The molecule has 2 aromatic carbocycles. The Hall–Kier alpha value is -2.44. The summed E-state index contributed by atoms with van der Waals surface area (Å²) in [5.74, 6) is 0.303. The van der Waals surface area contributed by atoms with E-state index in [9.17, 15) is 9.59 Å². The van der Waals surface area contributed by atoms with Crippen molar-refractivity contribution in [2.24, 2.45) is 0 Å². The predicted octanol–water partition coefficient (Wildman–Crippen LogP) is 3.94. The predicted molar refractivity (Wildman–Crippen MR) is 120 cm³/mol. The summed E-state index contributed by atoms with van der Waals surface area (Å²) in [7, 11) is 4.03. The maximum atomic E-state index is 13.0. The van der Waals surface area contributed by atoms with Gasteiger partial charge in [-0.2, -0.15) is 0 Å². The second-order valence-electron chi connectivity index (χ2n) is 7.56. The lowest BCUT2D eigenvalue weighted by molar-refractivity contribution is 0.102. The molecule has 3 rings (SSSR count). The summed E-state index contributed by atoms with van der Waals surface area (Å²) in [4.78, 5) is 32.6. The van der Waals surface area contributed by atoms with Gasteiger partial charge in [-0.25, -0.2) is 4.98 Å². The van der Waals surface area contributed by atoms with Crippen LogP contribution in [0.1, 0.15) is 27.9 Å². The number of thioether (sulfide) groups is 1. The zero-order valence-corrected chi connectivity index (χ0v) is 18.3. The van der Waals surface area contributed by atoms with Gasteiger partial charge in [0.05, 0.1) is 16.7 Å². The Bertz CT molecular complexity index is 1090. The van der Waals surface area contributed by atoms with Gasteiger partial charge in [0.1, 0.15) is 0 Å². The third kappa shape index (κ3) is 5.14. The molecule has 1 heterocycles. The van der Waals surface area contributed by atoms with Gasteiger partial charge in [-0.3, -0.25) is 14.2 Å². The molecule has 0 spiro atoms. The summed E-state index contributed by atoms with van der Waals surface area (Å²) in [6.07, 6.45) is 0.839. The molecule has 6 heteroatoms. The van der Waals surface area contributed by atoms with Crippen molar-refractivity contribution in [3.8, 4) is 0 Å². The highest BCUT2D eigenvalue weighted by molar-refractivity contribution is 7.99. The average Bonchev–Trinajstić information content (AvgIpc) is 2.68. The third-order valence-electron chi connectivity index (χ3n) is 4.83. The van der Waals surface area contributed by atoms with E-state index < -0.39 is 0 Å². The second-order valence-corrected chi connectivity index (χ2v) is 8.50. The first kappa shape index (κ1) is 21.3. The van der Waals surface area contributed by atoms with Crippen LogP contribution in [0.25, 0.3) is 10.9 Å². The number of ketones is 1. The Kier molecular flexibility index (Phi) is 6.87. The van der Waals surface area contributed by atoms with Crippen molar-refractivity contribution < 1.29 is 4.79 Å². The van der Waals surface area contributed by atoms with Gasteiger partial charge in [0.15, 0.2) is 10.9 Å². The van der Waals surface area contributed by atoms with E-state index in [1.807, 2.05) is 70.4 Å². The van der Waals surface area contributed by atoms with Gasteiger partial charge in [0.2, 0.25) is 0 Å². The molecular weight excluding hydrogens is 382 g/mol. The van der Waals surface area contributed by atoms with Crippen LogP contribution in [0.3, 0.4) is 0 Å². The normalized spacial score (nSPS) is 11.3. The summed E-state index contributed by atoms with van der Waals surface area (Å²) in [6.45, 7) is 5.43. The van der Waals surface area contributed by atoms with E-state index in [-0.39, 0.29) is 17.1 Å². The van der Waals surface area contributed by atoms with Crippen LogP contribution in [-0.2, 0) is 6.54 Å². The monoisotopic (exact) mass is 409 g/mol. The van der Waals surface area contributed by atoms with Crippen LogP contribution in [0.4, 0.5) is 0 Å². The Morgan fingerprint density at radius 3 is 2.62 bits per heavy atom. The first-order valence-electron chi connectivity index (χ1n) is 9.74. The minimum atomic E-state index is -0.0455. The number of hydrogen-bond acceptors (Lipinski definition) is 5. The highest BCUT2D eigenvalue weighted by atomic mass is 32.2. The maximum absolute atomic E-state index is 13.0. The number of carbonyl (C=O) groups is 1. The van der Waals surface area contributed by atoms with Crippen LogP contribution in [-0.4, -0.2) is 46.6 Å². The summed E-state index contributed by atoms with van der Waals surface area (Å²) in [5.41, 5.74) is 3.46. The molecule has 0 amide bonds. The van der Waals surface area contributed by atoms with Crippen LogP contribution in [0.5, 0.6) is 0 Å². The summed E-state index contributed by atoms with van der Waals surface area (Å²) in [5, 5.41) is 1.22. The Balaban J connectivity index is 1.88. The number of hydrogen-bond donors (Lipinski definition) is 0. The highest BCUT2D eigenvalue weighted by Gasteiger charge is 2.15. The number of nitrogens with zero attached hydrogens (tertiary/aromatic N) is 3. The molecule has 0 unspecified atom stereocenters. The van der Waals surface area contributed by atoms with Gasteiger partial charge >= 0.3 is 0 Å². The van der Waals surface area contributed by atoms with Crippen molar-refractivity contribution >= 4 is 28.4 Å². The van der Waals surface area contributed by atoms with Crippen molar-refractivity contribution in [1.29, 1.82) is 0 Å².